The maximum Gasteiger partial charge on any atom is 0.130 e. The molecule has 0 spiro atoms. The van der Waals surface area contributed by atoms with Gasteiger partial charge in [-0.2, -0.15) is 0 Å². The molecule has 210 valence electrons. The van der Waals surface area contributed by atoms with Crippen molar-refractivity contribution in [2.45, 2.75) is 20.8 Å². The highest BCUT2D eigenvalue weighted by Crippen LogP contribution is 2.41. The van der Waals surface area contributed by atoms with Gasteiger partial charge < -0.3 is 0 Å². The first-order chi connectivity index (χ1) is 21.5. The zero-order valence-electron chi connectivity index (χ0n) is 25.2. The Labute approximate surface area is 257 Å². The minimum absolute atomic E-state index is 0.699. The summed E-state index contributed by atoms with van der Waals surface area (Å²) < 4.78 is 2.19. The molecule has 0 unspecified atom stereocenters. The Morgan fingerprint density at radius 2 is 1.25 bits per heavy atom. The minimum Gasteiger partial charge on any atom is -0.294 e. The van der Waals surface area contributed by atoms with Crippen LogP contribution in [0.1, 0.15) is 29.2 Å². The summed E-state index contributed by atoms with van der Waals surface area (Å²) in [5.74, 6) is 0.699. The number of aryl methyl sites for hydroxylation is 2. The summed E-state index contributed by atoms with van der Waals surface area (Å²) in [7, 11) is 0. The average Bonchev–Trinajstić information content (AvgIpc) is 3.53. The molecule has 1 aliphatic rings. The molecule has 0 fully saturated rings. The molecule has 8 rings (SSSR count). The number of fused-ring (bicyclic) bond motifs is 3. The second kappa shape index (κ2) is 10.1. The standard InChI is InChI=1S/C42H32N2/c1-26-11-5-6-14-33(26)37-23-31(20-19-27(37)2)32-21-22-41-38(24-32)35-15-7-8-18-40(35)44(41)29(4)43-25-39-28(3)34-16-9-12-30-13-10-17-36(39)42(30)34/h5-25H,4H2,1-3H3/b43-25-. The summed E-state index contributed by atoms with van der Waals surface area (Å²) in [4.78, 5) is 5.00. The van der Waals surface area contributed by atoms with Crippen molar-refractivity contribution in [3.8, 4) is 22.3 Å². The number of rotatable bonds is 5. The Hall–Kier alpha value is -5.47. The molecule has 0 saturated heterocycles. The van der Waals surface area contributed by atoms with Crippen molar-refractivity contribution in [3.05, 3.63) is 150 Å². The van der Waals surface area contributed by atoms with E-state index in [-0.39, 0.29) is 0 Å². The molecule has 6 aromatic carbocycles. The van der Waals surface area contributed by atoms with Crippen molar-refractivity contribution < 1.29 is 0 Å². The van der Waals surface area contributed by atoms with E-state index in [2.05, 4.69) is 153 Å². The second-order valence-corrected chi connectivity index (χ2v) is 11.9. The van der Waals surface area contributed by atoms with Gasteiger partial charge in [-0.05, 0) is 106 Å². The van der Waals surface area contributed by atoms with Gasteiger partial charge in [-0.3, -0.25) is 4.57 Å². The topological polar surface area (TPSA) is 17.3 Å². The Balaban J connectivity index is 1.22. The smallest absolute Gasteiger partial charge is 0.130 e. The zero-order chi connectivity index (χ0) is 29.9. The van der Waals surface area contributed by atoms with Gasteiger partial charge in [0.2, 0.25) is 0 Å². The third-order valence-electron chi connectivity index (χ3n) is 9.28. The van der Waals surface area contributed by atoms with Crippen molar-refractivity contribution in [2.24, 2.45) is 4.99 Å². The first-order valence-electron chi connectivity index (χ1n) is 15.2. The Morgan fingerprint density at radius 1 is 0.591 bits per heavy atom. The number of hydrogen-bond donors (Lipinski definition) is 0. The molecule has 0 radical (unpaired) electrons. The van der Waals surface area contributed by atoms with Crippen molar-refractivity contribution in [1.82, 2.24) is 4.57 Å². The molecule has 1 heterocycles. The van der Waals surface area contributed by atoms with Crippen molar-refractivity contribution >= 4 is 55.8 Å². The molecule has 0 bridgehead atoms. The summed E-state index contributed by atoms with van der Waals surface area (Å²) in [6.07, 6.45) is 2.00. The lowest BCUT2D eigenvalue weighted by Gasteiger charge is -2.12. The Bertz CT molecular complexity index is 2370. The summed E-state index contributed by atoms with van der Waals surface area (Å²) in [6.45, 7) is 11.0. The molecule has 0 amide bonds. The molecule has 7 aromatic rings. The van der Waals surface area contributed by atoms with Gasteiger partial charge >= 0.3 is 0 Å². The maximum atomic E-state index is 5.00. The van der Waals surface area contributed by atoms with Crippen LogP contribution in [0.3, 0.4) is 0 Å². The number of hydrogen-bond acceptors (Lipinski definition) is 1. The van der Waals surface area contributed by atoms with E-state index < -0.39 is 0 Å². The number of allylic oxidation sites excluding steroid dienone is 2. The molecule has 44 heavy (non-hydrogen) atoms. The van der Waals surface area contributed by atoms with E-state index in [9.17, 15) is 0 Å². The van der Waals surface area contributed by atoms with E-state index in [0.717, 1.165) is 16.6 Å². The fourth-order valence-corrected chi connectivity index (χ4v) is 6.99. The summed E-state index contributed by atoms with van der Waals surface area (Å²) >= 11 is 0. The summed E-state index contributed by atoms with van der Waals surface area (Å²) in [6, 6.07) is 43.8. The molecular weight excluding hydrogens is 532 g/mol. The quantitative estimate of drug-likeness (QED) is 0.185. The van der Waals surface area contributed by atoms with Gasteiger partial charge in [0.25, 0.3) is 0 Å². The van der Waals surface area contributed by atoms with Gasteiger partial charge in [0.15, 0.2) is 0 Å². The number of para-hydroxylation sites is 1. The summed E-state index contributed by atoms with van der Waals surface area (Å²) in [5.41, 5.74) is 14.7. The highest BCUT2D eigenvalue weighted by molar-refractivity contribution is 6.29. The number of aromatic nitrogens is 1. The van der Waals surface area contributed by atoms with Crippen molar-refractivity contribution in [2.75, 3.05) is 0 Å². The normalized spacial score (nSPS) is 12.8. The van der Waals surface area contributed by atoms with E-state index in [1.165, 1.54) is 71.6 Å². The molecule has 2 heteroatoms. The lowest BCUT2D eigenvalue weighted by Crippen LogP contribution is -1.95. The predicted molar refractivity (Wildman–Crippen MR) is 190 cm³/mol. The van der Waals surface area contributed by atoms with Crippen molar-refractivity contribution in [3.63, 3.8) is 0 Å². The van der Waals surface area contributed by atoms with E-state index in [0.29, 0.717) is 5.82 Å². The fourth-order valence-electron chi connectivity index (χ4n) is 6.99. The van der Waals surface area contributed by atoms with Gasteiger partial charge in [-0.25, -0.2) is 4.99 Å². The van der Waals surface area contributed by atoms with Crippen LogP contribution in [0.2, 0.25) is 0 Å². The molecule has 0 saturated carbocycles. The minimum atomic E-state index is 0.699. The van der Waals surface area contributed by atoms with E-state index in [4.69, 9.17) is 4.99 Å². The predicted octanol–water partition coefficient (Wildman–Crippen LogP) is 11.3. The zero-order valence-corrected chi connectivity index (χ0v) is 25.2. The molecule has 0 aliphatic heterocycles. The van der Waals surface area contributed by atoms with Crippen LogP contribution in [-0.2, 0) is 0 Å². The second-order valence-electron chi connectivity index (χ2n) is 11.9. The van der Waals surface area contributed by atoms with Crippen LogP contribution < -0.4 is 0 Å². The number of aliphatic imine (C=N–C) groups is 1. The maximum absolute atomic E-state index is 5.00. The van der Waals surface area contributed by atoms with Crippen LogP contribution in [0, 0.1) is 13.8 Å². The molecule has 0 N–H and O–H groups in total. The molecule has 0 atom stereocenters. The van der Waals surface area contributed by atoms with E-state index >= 15 is 0 Å². The summed E-state index contributed by atoms with van der Waals surface area (Å²) in [5, 5.41) is 4.96. The molecule has 1 aromatic heterocycles. The molecular formula is C42H32N2. The number of benzene rings is 6. The third-order valence-corrected chi connectivity index (χ3v) is 9.28. The van der Waals surface area contributed by atoms with E-state index in [1.54, 1.807) is 0 Å². The molecule has 1 aliphatic carbocycles. The van der Waals surface area contributed by atoms with Gasteiger partial charge in [0, 0.05) is 22.6 Å². The highest BCUT2D eigenvalue weighted by atomic mass is 15.1. The van der Waals surface area contributed by atoms with Gasteiger partial charge in [0.05, 0.1) is 11.0 Å². The monoisotopic (exact) mass is 564 g/mol. The fraction of sp³-hybridized carbons (Fsp3) is 0.0714. The van der Waals surface area contributed by atoms with Gasteiger partial charge in [0.1, 0.15) is 5.82 Å². The van der Waals surface area contributed by atoms with Crippen molar-refractivity contribution in [1.29, 1.82) is 0 Å². The van der Waals surface area contributed by atoms with Crippen LogP contribution in [0.15, 0.2) is 133 Å². The Kier molecular flexibility index (Phi) is 5.99. The van der Waals surface area contributed by atoms with Crippen LogP contribution >= 0.6 is 0 Å². The third kappa shape index (κ3) is 3.99. The lowest BCUT2D eigenvalue weighted by molar-refractivity contribution is 1.19. The van der Waals surface area contributed by atoms with Gasteiger partial charge in [-0.1, -0.05) is 104 Å². The number of nitrogens with zero attached hydrogens (tertiary/aromatic N) is 2. The van der Waals surface area contributed by atoms with Crippen LogP contribution in [0.25, 0.3) is 71.8 Å². The first-order valence-corrected chi connectivity index (χ1v) is 15.2. The average molecular weight is 565 g/mol. The molecule has 2 nitrogen and oxygen atoms in total. The Morgan fingerprint density at radius 3 is 2.09 bits per heavy atom. The highest BCUT2D eigenvalue weighted by Gasteiger charge is 2.20. The van der Waals surface area contributed by atoms with Crippen LogP contribution in [0.4, 0.5) is 0 Å². The SMILES string of the molecule is C=C(/N=C\C1=C(C)c2cccc3cccc1c23)n1c2ccccc2c2cc(-c3ccc(C)c(-c4ccccc4C)c3)ccc21. The van der Waals surface area contributed by atoms with Gasteiger partial charge in [-0.15, -0.1) is 0 Å². The first kappa shape index (κ1) is 26.2. The van der Waals surface area contributed by atoms with E-state index in [1.807, 2.05) is 6.21 Å². The van der Waals surface area contributed by atoms with Crippen LogP contribution in [0.5, 0.6) is 0 Å². The lowest BCUT2D eigenvalue weighted by atomic mass is 9.92. The largest absolute Gasteiger partial charge is 0.294 e. The van der Waals surface area contributed by atoms with Crippen LogP contribution in [-0.4, -0.2) is 10.8 Å².